The molecule has 1 aliphatic heterocycles. The van der Waals surface area contributed by atoms with Gasteiger partial charge in [0.05, 0.1) is 5.69 Å². The SMILES string of the molecule is O=C(Nc1cc(Br)ccc1Br)[C@@H]1CC[C@H](C(=O)O)O1. The number of carbonyl (C=O) groups is 2. The summed E-state index contributed by atoms with van der Waals surface area (Å²) in [5.74, 6) is -1.36. The van der Waals surface area contributed by atoms with Crippen molar-refractivity contribution in [1.82, 2.24) is 0 Å². The summed E-state index contributed by atoms with van der Waals surface area (Å²) in [7, 11) is 0. The molecule has 5 nitrogen and oxygen atoms in total. The van der Waals surface area contributed by atoms with Gasteiger partial charge in [-0.1, -0.05) is 15.9 Å². The van der Waals surface area contributed by atoms with Crippen LogP contribution in [0.1, 0.15) is 12.8 Å². The average molecular weight is 393 g/mol. The van der Waals surface area contributed by atoms with Crippen molar-refractivity contribution in [1.29, 1.82) is 0 Å². The van der Waals surface area contributed by atoms with Crippen LogP contribution in [0.5, 0.6) is 0 Å². The number of carboxylic acids is 1. The summed E-state index contributed by atoms with van der Waals surface area (Å²) in [5, 5.41) is 11.5. The topological polar surface area (TPSA) is 75.6 Å². The first-order valence-corrected chi connectivity index (χ1v) is 7.20. The van der Waals surface area contributed by atoms with Gasteiger partial charge in [0.15, 0.2) is 6.10 Å². The zero-order valence-corrected chi connectivity index (χ0v) is 12.9. The van der Waals surface area contributed by atoms with E-state index in [0.29, 0.717) is 18.5 Å². The monoisotopic (exact) mass is 391 g/mol. The zero-order chi connectivity index (χ0) is 14.0. The van der Waals surface area contributed by atoms with E-state index in [4.69, 9.17) is 9.84 Å². The quantitative estimate of drug-likeness (QED) is 0.829. The molecule has 1 fully saturated rings. The van der Waals surface area contributed by atoms with E-state index >= 15 is 0 Å². The van der Waals surface area contributed by atoms with Crippen LogP contribution >= 0.6 is 31.9 Å². The molecule has 0 aromatic heterocycles. The predicted octanol–water partition coefficient (Wildman–Crippen LogP) is 2.78. The molecular weight excluding hydrogens is 382 g/mol. The minimum Gasteiger partial charge on any atom is -0.479 e. The number of rotatable bonds is 3. The number of carbonyl (C=O) groups excluding carboxylic acids is 1. The molecule has 1 heterocycles. The molecule has 1 saturated heterocycles. The Morgan fingerprint density at radius 2 is 1.95 bits per heavy atom. The number of aliphatic carboxylic acids is 1. The van der Waals surface area contributed by atoms with Crippen LogP contribution in [0.2, 0.25) is 0 Å². The maximum absolute atomic E-state index is 12.0. The molecule has 19 heavy (non-hydrogen) atoms. The summed E-state index contributed by atoms with van der Waals surface area (Å²) in [6, 6.07) is 5.40. The Bertz CT molecular complexity index is 520. The highest BCUT2D eigenvalue weighted by Crippen LogP contribution is 2.27. The fraction of sp³-hybridized carbons (Fsp3) is 0.333. The first kappa shape index (κ1) is 14.5. The van der Waals surface area contributed by atoms with Crippen molar-refractivity contribution in [3.8, 4) is 0 Å². The van der Waals surface area contributed by atoms with Crippen molar-refractivity contribution in [2.45, 2.75) is 25.0 Å². The molecule has 0 saturated carbocycles. The van der Waals surface area contributed by atoms with Gasteiger partial charge in [0, 0.05) is 8.95 Å². The molecule has 0 aliphatic carbocycles. The Hall–Kier alpha value is -0.920. The third kappa shape index (κ3) is 3.55. The Kier molecular flexibility index (Phi) is 4.59. The van der Waals surface area contributed by atoms with Gasteiger partial charge in [0.2, 0.25) is 0 Å². The van der Waals surface area contributed by atoms with E-state index in [-0.39, 0.29) is 5.91 Å². The van der Waals surface area contributed by atoms with Crippen LogP contribution in [0.25, 0.3) is 0 Å². The van der Waals surface area contributed by atoms with E-state index in [9.17, 15) is 9.59 Å². The number of halogens is 2. The standard InChI is InChI=1S/C12H11Br2NO4/c13-6-1-2-7(14)8(5-6)15-11(16)9-3-4-10(19-9)12(17)18/h1-2,5,9-10H,3-4H2,(H,15,16)(H,17,18)/t9-,10+/m0/s1. The third-order valence-electron chi connectivity index (χ3n) is 2.77. The van der Waals surface area contributed by atoms with Gasteiger partial charge in [-0.05, 0) is 47.0 Å². The highest BCUT2D eigenvalue weighted by molar-refractivity contribution is 9.11. The molecule has 0 spiro atoms. The van der Waals surface area contributed by atoms with Crippen molar-refractivity contribution >= 4 is 49.4 Å². The first-order chi connectivity index (χ1) is 8.97. The van der Waals surface area contributed by atoms with Gasteiger partial charge in [0.1, 0.15) is 6.10 Å². The van der Waals surface area contributed by atoms with Gasteiger partial charge < -0.3 is 15.2 Å². The van der Waals surface area contributed by atoms with Crippen LogP contribution in [-0.2, 0) is 14.3 Å². The molecule has 0 bridgehead atoms. The van der Waals surface area contributed by atoms with Crippen molar-refractivity contribution in [2.24, 2.45) is 0 Å². The first-order valence-electron chi connectivity index (χ1n) is 5.61. The molecule has 2 N–H and O–H groups in total. The molecule has 0 radical (unpaired) electrons. The number of anilines is 1. The van der Waals surface area contributed by atoms with E-state index < -0.39 is 18.2 Å². The molecule has 102 valence electrons. The second-order valence-corrected chi connectivity index (χ2v) is 5.91. The number of amides is 1. The largest absolute Gasteiger partial charge is 0.479 e. The van der Waals surface area contributed by atoms with Gasteiger partial charge in [-0.25, -0.2) is 4.79 Å². The van der Waals surface area contributed by atoms with Gasteiger partial charge in [-0.3, -0.25) is 4.79 Å². The number of carboxylic acid groups (broad SMARTS) is 1. The van der Waals surface area contributed by atoms with Gasteiger partial charge >= 0.3 is 5.97 Å². The minimum absolute atomic E-state index is 0.331. The van der Waals surface area contributed by atoms with E-state index in [1.165, 1.54) is 0 Å². The molecule has 1 aromatic carbocycles. The maximum Gasteiger partial charge on any atom is 0.332 e. The van der Waals surface area contributed by atoms with Gasteiger partial charge in [-0.15, -0.1) is 0 Å². The molecule has 2 atom stereocenters. The lowest BCUT2D eigenvalue weighted by atomic mass is 10.2. The Balaban J connectivity index is 2.02. The summed E-state index contributed by atoms with van der Waals surface area (Å²) in [6.07, 6.45) is -0.838. The van der Waals surface area contributed by atoms with E-state index in [1.54, 1.807) is 12.1 Å². The summed E-state index contributed by atoms with van der Waals surface area (Å²) in [5.41, 5.74) is 0.613. The lowest BCUT2D eigenvalue weighted by Gasteiger charge is -2.13. The summed E-state index contributed by atoms with van der Waals surface area (Å²) in [4.78, 5) is 22.7. The molecule has 7 heteroatoms. The van der Waals surface area contributed by atoms with Crippen molar-refractivity contribution in [3.05, 3.63) is 27.1 Å². The van der Waals surface area contributed by atoms with Crippen molar-refractivity contribution in [2.75, 3.05) is 5.32 Å². The smallest absolute Gasteiger partial charge is 0.332 e. The second-order valence-electron chi connectivity index (χ2n) is 4.14. The molecule has 1 amide bonds. The van der Waals surface area contributed by atoms with Crippen LogP contribution in [0.3, 0.4) is 0 Å². The average Bonchev–Trinajstić information content (AvgIpc) is 2.83. The fourth-order valence-electron chi connectivity index (χ4n) is 1.82. The lowest BCUT2D eigenvalue weighted by molar-refractivity contribution is -0.150. The van der Waals surface area contributed by atoms with Crippen LogP contribution in [0.4, 0.5) is 5.69 Å². The fourth-order valence-corrected chi connectivity index (χ4v) is 2.53. The number of hydrogen-bond acceptors (Lipinski definition) is 3. The summed E-state index contributed by atoms with van der Waals surface area (Å²) >= 11 is 6.65. The highest BCUT2D eigenvalue weighted by atomic mass is 79.9. The molecule has 2 rings (SSSR count). The summed E-state index contributed by atoms with van der Waals surface area (Å²) in [6.45, 7) is 0. The Labute approximate surface area is 126 Å². The van der Waals surface area contributed by atoms with Crippen LogP contribution in [0.15, 0.2) is 27.1 Å². The van der Waals surface area contributed by atoms with Gasteiger partial charge in [-0.2, -0.15) is 0 Å². The highest BCUT2D eigenvalue weighted by Gasteiger charge is 2.34. The van der Waals surface area contributed by atoms with E-state index in [0.717, 1.165) is 8.95 Å². The van der Waals surface area contributed by atoms with Gasteiger partial charge in [0.25, 0.3) is 5.91 Å². The second kappa shape index (κ2) is 6.02. The van der Waals surface area contributed by atoms with Crippen molar-refractivity contribution in [3.63, 3.8) is 0 Å². The number of nitrogens with one attached hydrogen (secondary N) is 1. The molecule has 1 aliphatic rings. The van der Waals surface area contributed by atoms with E-state index in [1.807, 2.05) is 6.07 Å². The minimum atomic E-state index is -1.03. The number of hydrogen-bond donors (Lipinski definition) is 2. The normalized spacial score (nSPS) is 22.2. The third-order valence-corrected chi connectivity index (χ3v) is 3.96. The van der Waals surface area contributed by atoms with Crippen LogP contribution in [0, 0.1) is 0 Å². The predicted molar refractivity (Wildman–Crippen MR) is 76.0 cm³/mol. The van der Waals surface area contributed by atoms with Crippen LogP contribution < -0.4 is 5.32 Å². The lowest BCUT2D eigenvalue weighted by Crippen LogP contribution is -2.30. The summed E-state index contributed by atoms with van der Waals surface area (Å²) < 4.78 is 6.77. The zero-order valence-electron chi connectivity index (χ0n) is 9.73. The number of ether oxygens (including phenoxy) is 1. The molecule has 0 unspecified atom stereocenters. The molecule has 1 aromatic rings. The van der Waals surface area contributed by atoms with Crippen molar-refractivity contribution < 1.29 is 19.4 Å². The Morgan fingerprint density at radius 3 is 2.58 bits per heavy atom. The van der Waals surface area contributed by atoms with Crippen LogP contribution in [-0.4, -0.2) is 29.2 Å². The van der Waals surface area contributed by atoms with E-state index in [2.05, 4.69) is 37.2 Å². The maximum atomic E-state index is 12.0. The number of benzene rings is 1. The molecular formula is C12H11Br2NO4. The Morgan fingerprint density at radius 1 is 1.26 bits per heavy atom.